The molecule has 1 aromatic carbocycles. The molecule has 1 N–H and O–H groups in total. The fraction of sp³-hybridized carbons (Fsp3) is 0.571. The van der Waals surface area contributed by atoms with Crippen LogP contribution in [0, 0.1) is 12.8 Å². The zero-order valence-electron chi connectivity index (χ0n) is 11.6. The molecule has 1 unspecified atom stereocenters. The minimum Gasteiger partial charge on any atom is -0.371 e. The Bertz CT molecular complexity index is 511. The molecule has 1 fully saturated rings. The van der Waals surface area contributed by atoms with Crippen LogP contribution in [0.15, 0.2) is 24.3 Å². The molecule has 0 saturated carbocycles. The predicted octanol–water partition coefficient (Wildman–Crippen LogP) is 1.76. The molecular weight excluding hydrogens is 260 g/mol. The van der Waals surface area contributed by atoms with Gasteiger partial charge in [-0.2, -0.15) is 0 Å². The molecule has 5 heteroatoms. The van der Waals surface area contributed by atoms with Gasteiger partial charge in [-0.1, -0.05) is 17.7 Å². The minimum atomic E-state index is -3.06. The smallest absolute Gasteiger partial charge is 0.211 e. The van der Waals surface area contributed by atoms with E-state index in [0.29, 0.717) is 12.5 Å². The van der Waals surface area contributed by atoms with Gasteiger partial charge in [-0.25, -0.2) is 13.1 Å². The highest BCUT2D eigenvalue weighted by molar-refractivity contribution is 7.89. The highest BCUT2D eigenvalue weighted by atomic mass is 32.2. The fourth-order valence-electron chi connectivity index (χ4n) is 2.34. The van der Waals surface area contributed by atoms with Crippen molar-refractivity contribution in [3.63, 3.8) is 0 Å². The summed E-state index contributed by atoms with van der Waals surface area (Å²) in [6.07, 6.45) is 1.04. The van der Waals surface area contributed by atoms with Gasteiger partial charge in [0.1, 0.15) is 0 Å². The van der Waals surface area contributed by atoms with Crippen LogP contribution in [0.1, 0.15) is 18.9 Å². The topological polar surface area (TPSA) is 49.4 Å². The van der Waals surface area contributed by atoms with E-state index in [1.54, 1.807) is 6.92 Å². The number of hydrogen-bond acceptors (Lipinski definition) is 3. The van der Waals surface area contributed by atoms with Crippen LogP contribution in [0.5, 0.6) is 0 Å². The third kappa shape index (κ3) is 3.94. The van der Waals surface area contributed by atoms with E-state index in [9.17, 15) is 8.42 Å². The molecule has 19 heavy (non-hydrogen) atoms. The number of sulfonamides is 1. The number of hydrogen-bond donors (Lipinski definition) is 1. The Morgan fingerprint density at radius 2 is 2.00 bits per heavy atom. The molecule has 0 aromatic heterocycles. The highest BCUT2D eigenvalue weighted by Crippen LogP contribution is 2.23. The second kappa shape index (κ2) is 5.92. The monoisotopic (exact) mass is 282 g/mol. The molecule has 0 aliphatic carbocycles. The Morgan fingerprint density at radius 3 is 2.63 bits per heavy atom. The summed E-state index contributed by atoms with van der Waals surface area (Å²) in [6, 6.07) is 8.49. The first-order valence-electron chi connectivity index (χ1n) is 6.79. The maximum Gasteiger partial charge on any atom is 0.211 e. The predicted molar refractivity (Wildman–Crippen MR) is 79.0 cm³/mol. The zero-order valence-corrected chi connectivity index (χ0v) is 12.4. The second-order valence-corrected chi connectivity index (χ2v) is 7.28. The summed E-state index contributed by atoms with van der Waals surface area (Å²) >= 11 is 0. The lowest BCUT2D eigenvalue weighted by Gasteiger charge is -2.19. The summed E-state index contributed by atoms with van der Waals surface area (Å²) in [5.41, 5.74) is 2.49. The molecule has 0 amide bonds. The first-order chi connectivity index (χ1) is 9.00. The van der Waals surface area contributed by atoms with E-state index in [2.05, 4.69) is 40.8 Å². The van der Waals surface area contributed by atoms with E-state index in [0.717, 1.165) is 19.5 Å². The molecular formula is C14H22N2O2S. The lowest BCUT2D eigenvalue weighted by molar-refractivity contribution is 0.542. The van der Waals surface area contributed by atoms with Gasteiger partial charge in [0.25, 0.3) is 0 Å². The first-order valence-corrected chi connectivity index (χ1v) is 8.44. The molecule has 0 radical (unpaired) electrons. The van der Waals surface area contributed by atoms with Crippen molar-refractivity contribution in [2.75, 3.05) is 30.3 Å². The number of rotatable bonds is 5. The Morgan fingerprint density at radius 1 is 1.32 bits per heavy atom. The lowest BCUT2D eigenvalue weighted by atomic mass is 10.1. The fourth-order valence-corrected chi connectivity index (χ4v) is 3.03. The van der Waals surface area contributed by atoms with Crippen LogP contribution in [0.2, 0.25) is 0 Å². The molecule has 1 saturated heterocycles. The van der Waals surface area contributed by atoms with Gasteiger partial charge in [0.05, 0.1) is 5.75 Å². The van der Waals surface area contributed by atoms with E-state index in [-0.39, 0.29) is 5.75 Å². The molecule has 1 aromatic rings. The van der Waals surface area contributed by atoms with Gasteiger partial charge in [0.15, 0.2) is 0 Å². The Kier molecular flexibility index (Phi) is 4.47. The van der Waals surface area contributed by atoms with Crippen molar-refractivity contribution >= 4 is 15.7 Å². The quantitative estimate of drug-likeness (QED) is 0.895. The van der Waals surface area contributed by atoms with Gasteiger partial charge < -0.3 is 4.90 Å². The maximum atomic E-state index is 11.4. The number of anilines is 1. The van der Waals surface area contributed by atoms with Crippen molar-refractivity contribution < 1.29 is 8.42 Å². The van der Waals surface area contributed by atoms with Crippen LogP contribution < -0.4 is 9.62 Å². The van der Waals surface area contributed by atoms with Gasteiger partial charge in [-0.05, 0) is 38.3 Å². The molecule has 106 valence electrons. The van der Waals surface area contributed by atoms with Gasteiger partial charge in [0.2, 0.25) is 10.0 Å². The van der Waals surface area contributed by atoms with Gasteiger partial charge in [-0.3, -0.25) is 0 Å². The normalized spacial score (nSPS) is 19.9. The standard InChI is InChI=1S/C14H22N2O2S/c1-3-19(17,18)15-10-13-8-9-16(11-13)14-6-4-12(2)5-7-14/h4-7,13,15H,3,8-11H2,1-2H3. The minimum absolute atomic E-state index is 0.154. The van der Waals surface area contributed by atoms with Crippen LogP contribution >= 0.6 is 0 Å². The molecule has 2 rings (SSSR count). The third-order valence-corrected chi connectivity index (χ3v) is 5.02. The van der Waals surface area contributed by atoms with Gasteiger partial charge in [0, 0.05) is 25.3 Å². The summed E-state index contributed by atoms with van der Waals surface area (Å²) in [4.78, 5) is 2.32. The SMILES string of the molecule is CCS(=O)(=O)NCC1CCN(c2ccc(C)cc2)C1. The van der Waals surface area contributed by atoms with E-state index in [4.69, 9.17) is 0 Å². The summed E-state index contributed by atoms with van der Waals surface area (Å²) < 4.78 is 25.5. The van der Waals surface area contributed by atoms with E-state index in [1.165, 1.54) is 11.3 Å². The summed E-state index contributed by atoms with van der Waals surface area (Å²) in [5, 5.41) is 0. The molecule has 1 heterocycles. The van der Waals surface area contributed by atoms with Crippen LogP contribution in [0.25, 0.3) is 0 Å². The average molecular weight is 282 g/mol. The molecule has 0 bridgehead atoms. The van der Waals surface area contributed by atoms with Crippen molar-refractivity contribution in [1.29, 1.82) is 0 Å². The van der Waals surface area contributed by atoms with Crippen molar-refractivity contribution in [2.24, 2.45) is 5.92 Å². The Hall–Kier alpha value is -1.07. The Labute approximate surface area is 115 Å². The van der Waals surface area contributed by atoms with E-state index < -0.39 is 10.0 Å². The lowest BCUT2D eigenvalue weighted by Crippen LogP contribution is -2.32. The second-order valence-electron chi connectivity index (χ2n) is 5.19. The largest absolute Gasteiger partial charge is 0.371 e. The van der Waals surface area contributed by atoms with E-state index in [1.807, 2.05) is 0 Å². The van der Waals surface area contributed by atoms with Crippen LogP contribution in [0.4, 0.5) is 5.69 Å². The number of aryl methyl sites for hydroxylation is 1. The van der Waals surface area contributed by atoms with E-state index >= 15 is 0 Å². The van der Waals surface area contributed by atoms with Crippen molar-refractivity contribution in [2.45, 2.75) is 20.3 Å². The molecule has 1 aliphatic heterocycles. The molecule has 4 nitrogen and oxygen atoms in total. The summed E-state index contributed by atoms with van der Waals surface area (Å²) in [6.45, 7) is 6.22. The van der Waals surface area contributed by atoms with Crippen molar-refractivity contribution in [3.8, 4) is 0 Å². The summed E-state index contributed by atoms with van der Waals surface area (Å²) in [5.74, 6) is 0.559. The third-order valence-electron chi connectivity index (χ3n) is 3.66. The van der Waals surface area contributed by atoms with Gasteiger partial charge >= 0.3 is 0 Å². The number of nitrogens with zero attached hydrogens (tertiary/aromatic N) is 1. The molecule has 0 spiro atoms. The molecule has 1 atom stereocenters. The average Bonchev–Trinajstić information content (AvgIpc) is 2.86. The molecule has 1 aliphatic rings. The Balaban J connectivity index is 1.88. The maximum absolute atomic E-state index is 11.4. The van der Waals surface area contributed by atoms with Crippen molar-refractivity contribution in [3.05, 3.63) is 29.8 Å². The first kappa shape index (κ1) is 14.3. The van der Waals surface area contributed by atoms with Crippen molar-refractivity contribution in [1.82, 2.24) is 4.72 Å². The van der Waals surface area contributed by atoms with Gasteiger partial charge in [-0.15, -0.1) is 0 Å². The zero-order chi connectivity index (χ0) is 13.9. The number of nitrogens with one attached hydrogen (secondary N) is 1. The summed E-state index contributed by atoms with van der Waals surface area (Å²) in [7, 11) is -3.06. The van der Waals surface area contributed by atoms with Crippen LogP contribution in [-0.4, -0.2) is 33.8 Å². The number of benzene rings is 1. The highest BCUT2D eigenvalue weighted by Gasteiger charge is 2.23. The van der Waals surface area contributed by atoms with Crippen LogP contribution in [0.3, 0.4) is 0 Å². The van der Waals surface area contributed by atoms with Crippen LogP contribution in [-0.2, 0) is 10.0 Å².